The average Bonchev–Trinajstić information content (AvgIpc) is 2.82. The molecule has 1 N–H and O–H groups in total. The second kappa shape index (κ2) is 4.39. The first-order valence-electron chi connectivity index (χ1n) is 5.75. The lowest BCUT2D eigenvalue weighted by Gasteiger charge is -2.19. The normalized spacial score (nSPS) is 27.5. The van der Waals surface area contributed by atoms with E-state index in [1.807, 2.05) is 0 Å². The van der Waals surface area contributed by atoms with Crippen LogP contribution in [0.3, 0.4) is 0 Å². The van der Waals surface area contributed by atoms with Crippen molar-refractivity contribution in [3.63, 3.8) is 0 Å². The van der Waals surface area contributed by atoms with Gasteiger partial charge < -0.3 is 5.32 Å². The van der Waals surface area contributed by atoms with Gasteiger partial charge in [0.1, 0.15) is 0 Å². The molecule has 0 spiro atoms. The lowest BCUT2D eigenvalue weighted by molar-refractivity contribution is 0.447. The lowest BCUT2D eigenvalue weighted by atomic mass is 10.3. The van der Waals surface area contributed by atoms with E-state index in [0.29, 0.717) is 5.92 Å². The molecular weight excluding hydrogens is 212 g/mol. The summed E-state index contributed by atoms with van der Waals surface area (Å²) in [5, 5.41) is 3.23. The smallest absolute Gasteiger partial charge is 0.215 e. The Morgan fingerprint density at radius 1 is 1.33 bits per heavy atom. The molecule has 1 aliphatic carbocycles. The summed E-state index contributed by atoms with van der Waals surface area (Å²) >= 11 is 0. The molecule has 1 aliphatic heterocycles. The molecule has 1 saturated carbocycles. The van der Waals surface area contributed by atoms with Gasteiger partial charge in [0, 0.05) is 19.6 Å². The molecule has 2 rings (SSSR count). The van der Waals surface area contributed by atoms with E-state index in [4.69, 9.17) is 0 Å². The van der Waals surface area contributed by atoms with E-state index in [1.54, 1.807) is 11.4 Å². The molecule has 2 fully saturated rings. The van der Waals surface area contributed by atoms with Crippen LogP contribution in [0, 0.1) is 5.92 Å². The van der Waals surface area contributed by atoms with Crippen molar-refractivity contribution in [2.75, 3.05) is 25.9 Å². The van der Waals surface area contributed by atoms with Gasteiger partial charge in [-0.15, -0.1) is 0 Å². The van der Waals surface area contributed by atoms with E-state index < -0.39 is 10.0 Å². The molecular formula is C10H20N2O2S. The van der Waals surface area contributed by atoms with Gasteiger partial charge in [-0.25, -0.2) is 12.7 Å². The SMILES string of the molecule is CN(CC1CC1)S(=O)(=O)CC1CCCN1. The van der Waals surface area contributed by atoms with Crippen LogP contribution in [0.2, 0.25) is 0 Å². The molecule has 0 bridgehead atoms. The Labute approximate surface area is 92.1 Å². The zero-order valence-electron chi connectivity index (χ0n) is 9.28. The number of nitrogens with one attached hydrogen (secondary N) is 1. The Hall–Kier alpha value is -0.130. The molecule has 15 heavy (non-hydrogen) atoms. The maximum atomic E-state index is 11.9. The molecule has 88 valence electrons. The van der Waals surface area contributed by atoms with Gasteiger partial charge in [0.15, 0.2) is 0 Å². The minimum Gasteiger partial charge on any atom is -0.313 e. The summed E-state index contributed by atoms with van der Waals surface area (Å²) in [6, 6.07) is 0.177. The van der Waals surface area contributed by atoms with Crippen molar-refractivity contribution in [2.45, 2.75) is 31.7 Å². The first-order chi connectivity index (χ1) is 7.08. The van der Waals surface area contributed by atoms with Crippen LogP contribution in [0.25, 0.3) is 0 Å². The van der Waals surface area contributed by atoms with Crippen LogP contribution < -0.4 is 5.32 Å². The minimum absolute atomic E-state index is 0.177. The predicted molar refractivity (Wildman–Crippen MR) is 60.2 cm³/mol. The molecule has 0 aromatic heterocycles. The van der Waals surface area contributed by atoms with Crippen molar-refractivity contribution < 1.29 is 8.42 Å². The fourth-order valence-electron chi connectivity index (χ4n) is 2.06. The highest BCUT2D eigenvalue weighted by Crippen LogP contribution is 2.30. The highest BCUT2D eigenvalue weighted by molar-refractivity contribution is 7.89. The van der Waals surface area contributed by atoms with Crippen LogP contribution in [-0.2, 0) is 10.0 Å². The van der Waals surface area contributed by atoms with Crippen LogP contribution >= 0.6 is 0 Å². The topological polar surface area (TPSA) is 49.4 Å². The van der Waals surface area contributed by atoms with Gasteiger partial charge in [-0.2, -0.15) is 0 Å². The largest absolute Gasteiger partial charge is 0.313 e. The number of hydrogen-bond acceptors (Lipinski definition) is 3. The first kappa shape index (κ1) is 11.4. The average molecular weight is 232 g/mol. The molecule has 0 radical (unpaired) electrons. The molecule has 0 aromatic carbocycles. The first-order valence-corrected chi connectivity index (χ1v) is 7.36. The predicted octanol–water partition coefficient (Wildman–Crippen LogP) is 0.410. The number of hydrogen-bond donors (Lipinski definition) is 1. The molecule has 1 atom stereocenters. The third-order valence-corrected chi connectivity index (χ3v) is 5.18. The summed E-state index contributed by atoms with van der Waals surface area (Å²) in [5.74, 6) is 0.900. The third kappa shape index (κ3) is 3.16. The van der Waals surface area contributed by atoms with Gasteiger partial charge in [-0.3, -0.25) is 0 Å². The zero-order chi connectivity index (χ0) is 10.9. The summed E-state index contributed by atoms with van der Waals surface area (Å²) in [4.78, 5) is 0. The van der Waals surface area contributed by atoms with Crippen molar-refractivity contribution in [3.05, 3.63) is 0 Å². The fourth-order valence-corrected chi connectivity index (χ4v) is 3.54. The maximum absolute atomic E-state index is 11.9. The summed E-state index contributed by atoms with van der Waals surface area (Å²) in [5.41, 5.74) is 0. The maximum Gasteiger partial charge on any atom is 0.215 e. The standard InChI is InChI=1S/C10H20N2O2S/c1-12(7-9-4-5-9)15(13,14)8-10-3-2-6-11-10/h9-11H,2-8H2,1H3. The molecule has 1 heterocycles. The molecule has 5 heteroatoms. The van der Waals surface area contributed by atoms with Crippen LogP contribution in [0.4, 0.5) is 0 Å². The molecule has 4 nitrogen and oxygen atoms in total. The van der Waals surface area contributed by atoms with Gasteiger partial charge in [-0.05, 0) is 38.1 Å². The van der Waals surface area contributed by atoms with Crippen molar-refractivity contribution >= 4 is 10.0 Å². The fraction of sp³-hybridized carbons (Fsp3) is 1.00. The summed E-state index contributed by atoms with van der Waals surface area (Å²) < 4.78 is 25.4. The monoisotopic (exact) mass is 232 g/mol. The van der Waals surface area contributed by atoms with Crippen molar-refractivity contribution in [2.24, 2.45) is 5.92 Å². The lowest BCUT2D eigenvalue weighted by Crippen LogP contribution is -2.38. The molecule has 1 unspecified atom stereocenters. The van der Waals surface area contributed by atoms with E-state index in [9.17, 15) is 8.42 Å². The Bertz CT molecular complexity index is 305. The van der Waals surface area contributed by atoms with E-state index >= 15 is 0 Å². The van der Waals surface area contributed by atoms with Gasteiger partial charge in [-0.1, -0.05) is 0 Å². The number of rotatable bonds is 5. The van der Waals surface area contributed by atoms with E-state index in [1.165, 1.54) is 12.8 Å². The quantitative estimate of drug-likeness (QED) is 0.747. The molecule has 0 amide bonds. The van der Waals surface area contributed by atoms with E-state index in [2.05, 4.69) is 5.32 Å². The molecule has 1 saturated heterocycles. The van der Waals surface area contributed by atoms with Crippen molar-refractivity contribution in [3.8, 4) is 0 Å². The second-order valence-corrected chi connectivity index (χ2v) is 6.92. The number of nitrogens with zero attached hydrogens (tertiary/aromatic N) is 1. The van der Waals surface area contributed by atoms with Crippen LogP contribution in [0.15, 0.2) is 0 Å². The summed E-state index contributed by atoms with van der Waals surface area (Å²) in [6.07, 6.45) is 4.49. The summed E-state index contributed by atoms with van der Waals surface area (Å²) in [6.45, 7) is 1.68. The Morgan fingerprint density at radius 2 is 2.07 bits per heavy atom. The van der Waals surface area contributed by atoms with Gasteiger partial charge in [0.25, 0.3) is 0 Å². The molecule has 0 aromatic rings. The summed E-state index contributed by atoms with van der Waals surface area (Å²) in [7, 11) is -1.32. The van der Waals surface area contributed by atoms with Gasteiger partial charge in [0.05, 0.1) is 5.75 Å². The van der Waals surface area contributed by atoms with E-state index in [-0.39, 0.29) is 11.8 Å². The third-order valence-electron chi connectivity index (χ3n) is 3.26. The second-order valence-electron chi connectivity index (χ2n) is 4.80. The van der Waals surface area contributed by atoms with Crippen LogP contribution in [0.5, 0.6) is 0 Å². The minimum atomic E-state index is -3.03. The van der Waals surface area contributed by atoms with Gasteiger partial charge >= 0.3 is 0 Å². The van der Waals surface area contributed by atoms with Crippen molar-refractivity contribution in [1.82, 2.24) is 9.62 Å². The molecule has 2 aliphatic rings. The van der Waals surface area contributed by atoms with Crippen LogP contribution in [-0.4, -0.2) is 44.7 Å². The Balaban J connectivity index is 1.86. The Kier molecular flexibility index (Phi) is 3.33. The zero-order valence-corrected chi connectivity index (χ0v) is 10.1. The highest BCUT2D eigenvalue weighted by atomic mass is 32.2. The highest BCUT2D eigenvalue weighted by Gasteiger charge is 2.30. The van der Waals surface area contributed by atoms with Crippen LogP contribution in [0.1, 0.15) is 25.7 Å². The number of sulfonamides is 1. The van der Waals surface area contributed by atoms with Crippen molar-refractivity contribution in [1.29, 1.82) is 0 Å². The van der Waals surface area contributed by atoms with Gasteiger partial charge in [0.2, 0.25) is 10.0 Å². The Morgan fingerprint density at radius 3 is 2.60 bits per heavy atom. The van der Waals surface area contributed by atoms with E-state index in [0.717, 1.165) is 25.9 Å².